The van der Waals surface area contributed by atoms with E-state index in [4.69, 9.17) is 10.3 Å². The van der Waals surface area contributed by atoms with E-state index >= 15 is 0 Å². The molecule has 0 spiro atoms. The van der Waals surface area contributed by atoms with Gasteiger partial charge in [0.2, 0.25) is 5.91 Å². The molecule has 126 valence electrons. The van der Waals surface area contributed by atoms with Crippen LogP contribution >= 0.6 is 0 Å². The molecule has 2 rings (SSSR count). The number of carbonyl (C=O) groups excluding carboxylic acids is 3. The third kappa shape index (κ3) is 4.68. The number of nitrogens with zero attached hydrogens (tertiary/aromatic N) is 1. The minimum absolute atomic E-state index is 0. The van der Waals surface area contributed by atoms with Gasteiger partial charge in [0, 0.05) is 0 Å². The van der Waals surface area contributed by atoms with Crippen LogP contribution in [0.2, 0.25) is 0 Å². The molecule has 0 aromatic heterocycles. The van der Waals surface area contributed by atoms with Crippen LogP contribution in [0.4, 0.5) is 4.79 Å². The summed E-state index contributed by atoms with van der Waals surface area (Å²) in [6, 6.07) is 4.97. The standard InChI is InChI=1S/C12H14N4O6S.Na.H/c13-12(19)15-9(7-4-2-1-3-5-7)10(17)14-8-6-16(11(8)18)23(20,21)22;;/h1-5,8-9H,6H2,(H,14,17)(H3,13,15,19)(H,20,21,22);;. The van der Waals surface area contributed by atoms with Crippen molar-refractivity contribution in [2.75, 3.05) is 6.54 Å². The molecular weight excluding hydrogens is 351 g/mol. The van der Waals surface area contributed by atoms with Crippen molar-refractivity contribution < 1.29 is 27.4 Å². The van der Waals surface area contributed by atoms with Crippen molar-refractivity contribution in [1.82, 2.24) is 14.9 Å². The summed E-state index contributed by atoms with van der Waals surface area (Å²) in [5.41, 5.74) is 5.47. The number of nitrogens with two attached hydrogens (primary N) is 1. The topological polar surface area (TPSA) is 159 Å². The summed E-state index contributed by atoms with van der Waals surface area (Å²) in [7, 11) is -4.63. The number of carbonyl (C=O) groups is 3. The second-order valence-corrected chi connectivity index (χ2v) is 6.10. The van der Waals surface area contributed by atoms with Gasteiger partial charge in [-0.1, -0.05) is 30.3 Å². The Labute approximate surface area is 159 Å². The van der Waals surface area contributed by atoms with E-state index < -0.39 is 40.2 Å². The molecule has 1 aliphatic rings. The molecule has 0 bridgehead atoms. The summed E-state index contributed by atoms with van der Waals surface area (Å²) in [4.78, 5) is 34.9. The van der Waals surface area contributed by atoms with Crippen LogP contribution < -0.4 is 16.4 Å². The molecule has 0 aliphatic carbocycles. The van der Waals surface area contributed by atoms with Gasteiger partial charge < -0.3 is 16.4 Å². The summed E-state index contributed by atoms with van der Waals surface area (Å²) in [6.45, 7) is -0.387. The molecule has 2 unspecified atom stereocenters. The predicted molar refractivity (Wildman–Crippen MR) is 84.2 cm³/mol. The van der Waals surface area contributed by atoms with Crippen LogP contribution in [-0.4, -0.2) is 77.3 Å². The van der Waals surface area contributed by atoms with E-state index in [-0.39, 0.29) is 40.4 Å². The maximum absolute atomic E-state index is 12.2. The van der Waals surface area contributed by atoms with Gasteiger partial charge in [0.05, 0.1) is 6.54 Å². The van der Waals surface area contributed by atoms with E-state index in [1.165, 1.54) is 0 Å². The SMILES string of the molecule is NC(=O)NC(C(=O)NC1CN(S(=O)(=O)O)C1=O)c1ccccc1.[NaH]. The van der Waals surface area contributed by atoms with Crippen LogP contribution in [-0.2, 0) is 19.9 Å². The molecule has 1 heterocycles. The van der Waals surface area contributed by atoms with E-state index in [1.54, 1.807) is 30.3 Å². The zero-order valence-electron chi connectivity index (χ0n) is 11.7. The number of β-lactam (4-membered cyclic amide) rings is 1. The van der Waals surface area contributed by atoms with E-state index in [2.05, 4.69) is 10.6 Å². The summed E-state index contributed by atoms with van der Waals surface area (Å²) in [5, 5.41) is 4.54. The fourth-order valence-corrected chi connectivity index (χ4v) is 2.75. The molecule has 10 nitrogen and oxygen atoms in total. The third-order valence-electron chi connectivity index (χ3n) is 3.17. The number of hydrogen-bond acceptors (Lipinski definition) is 5. The monoisotopic (exact) mass is 366 g/mol. The average Bonchev–Trinajstić information content (AvgIpc) is 2.47. The first-order chi connectivity index (χ1) is 10.7. The summed E-state index contributed by atoms with van der Waals surface area (Å²) in [6.07, 6.45) is 0. The Morgan fingerprint density at radius 3 is 2.33 bits per heavy atom. The van der Waals surface area contributed by atoms with Crippen LogP contribution in [0.1, 0.15) is 11.6 Å². The Bertz CT molecular complexity index is 741. The molecule has 1 aliphatic heterocycles. The van der Waals surface area contributed by atoms with Crippen LogP contribution in [0.3, 0.4) is 0 Å². The van der Waals surface area contributed by atoms with Crippen LogP contribution in [0.5, 0.6) is 0 Å². The Hall–Kier alpha value is -1.66. The van der Waals surface area contributed by atoms with Crippen molar-refractivity contribution in [1.29, 1.82) is 0 Å². The number of rotatable bonds is 5. The van der Waals surface area contributed by atoms with E-state index in [1.807, 2.05) is 0 Å². The van der Waals surface area contributed by atoms with Crippen LogP contribution in [0.25, 0.3) is 0 Å². The zero-order chi connectivity index (χ0) is 17.2. The van der Waals surface area contributed by atoms with Gasteiger partial charge in [0.25, 0.3) is 5.91 Å². The third-order valence-corrected chi connectivity index (χ3v) is 4.06. The van der Waals surface area contributed by atoms with Crippen LogP contribution in [0.15, 0.2) is 30.3 Å². The molecular formula is C12H15N4NaO6S. The molecule has 12 heteroatoms. The van der Waals surface area contributed by atoms with Gasteiger partial charge in [-0.2, -0.15) is 8.42 Å². The number of amides is 4. The Kier molecular flexibility index (Phi) is 6.75. The second-order valence-electron chi connectivity index (χ2n) is 4.76. The Morgan fingerprint density at radius 1 is 1.29 bits per heavy atom. The fraction of sp³-hybridized carbons (Fsp3) is 0.250. The molecule has 4 amide bonds. The summed E-state index contributed by atoms with van der Waals surface area (Å²) >= 11 is 0. The Balaban J connectivity index is 0.00000288. The Morgan fingerprint density at radius 2 is 1.88 bits per heavy atom. The average molecular weight is 366 g/mol. The van der Waals surface area contributed by atoms with Crippen LogP contribution in [0, 0.1) is 0 Å². The normalized spacial score (nSPS) is 18.0. The van der Waals surface area contributed by atoms with Crippen molar-refractivity contribution in [2.24, 2.45) is 5.73 Å². The van der Waals surface area contributed by atoms with E-state index in [0.29, 0.717) is 5.56 Å². The summed E-state index contributed by atoms with van der Waals surface area (Å²) in [5.74, 6) is -1.70. The first-order valence-electron chi connectivity index (χ1n) is 6.40. The number of benzene rings is 1. The van der Waals surface area contributed by atoms with Crippen molar-refractivity contribution in [3.63, 3.8) is 0 Å². The number of primary amides is 1. The van der Waals surface area contributed by atoms with Gasteiger partial charge >= 0.3 is 45.9 Å². The zero-order valence-corrected chi connectivity index (χ0v) is 12.5. The molecule has 0 saturated carbocycles. The second kappa shape index (κ2) is 7.94. The fourth-order valence-electron chi connectivity index (χ4n) is 2.05. The van der Waals surface area contributed by atoms with Gasteiger partial charge in [0.1, 0.15) is 12.1 Å². The van der Waals surface area contributed by atoms with Crippen molar-refractivity contribution in [3.8, 4) is 0 Å². The number of nitrogens with one attached hydrogen (secondary N) is 2. The first kappa shape index (κ1) is 20.4. The van der Waals surface area contributed by atoms with Crippen molar-refractivity contribution in [3.05, 3.63) is 35.9 Å². The molecule has 1 saturated heterocycles. The van der Waals surface area contributed by atoms with E-state index in [9.17, 15) is 22.8 Å². The molecule has 5 N–H and O–H groups in total. The quantitative estimate of drug-likeness (QED) is 0.265. The number of hydrogen-bond donors (Lipinski definition) is 4. The number of urea groups is 1. The minimum atomic E-state index is -4.63. The van der Waals surface area contributed by atoms with Gasteiger partial charge in [-0.05, 0) is 5.56 Å². The molecule has 1 aromatic rings. The molecule has 0 radical (unpaired) electrons. The first-order valence-corrected chi connectivity index (χ1v) is 7.80. The molecule has 1 aromatic carbocycles. The van der Waals surface area contributed by atoms with Crippen molar-refractivity contribution in [2.45, 2.75) is 12.1 Å². The summed E-state index contributed by atoms with van der Waals surface area (Å²) < 4.78 is 30.6. The van der Waals surface area contributed by atoms with Gasteiger partial charge in [-0.25, -0.2) is 9.10 Å². The molecule has 2 atom stereocenters. The predicted octanol–water partition coefficient (Wildman–Crippen LogP) is -2.12. The van der Waals surface area contributed by atoms with Gasteiger partial charge in [0.15, 0.2) is 0 Å². The van der Waals surface area contributed by atoms with E-state index in [0.717, 1.165) is 0 Å². The molecule has 24 heavy (non-hydrogen) atoms. The van der Waals surface area contributed by atoms with Crippen molar-refractivity contribution >= 4 is 57.7 Å². The van der Waals surface area contributed by atoms with Gasteiger partial charge in [-0.3, -0.25) is 14.1 Å². The van der Waals surface area contributed by atoms with Gasteiger partial charge in [-0.15, -0.1) is 0 Å². The molecule has 1 fully saturated rings. The maximum atomic E-state index is 12.2.